The van der Waals surface area contributed by atoms with Gasteiger partial charge in [-0.2, -0.15) is 0 Å². The third kappa shape index (κ3) is 6.26. The third-order valence-electron chi connectivity index (χ3n) is 3.09. The number of hydrogen-bond donors (Lipinski definition) is 1. The summed E-state index contributed by atoms with van der Waals surface area (Å²) in [6, 6.07) is 5.89. The van der Waals surface area contributed by atoms with Gasteiger partial charge in [-0.15, -0.1) is 0 Å². The second-order valence-corrected chi connectivity index (χ2v) is 5.67. The Balaban J connectivity index is 2.62. The van der Waals surface area contributed by atoms with Crippen molar-refractivity contribution in [2.75, 3.05) is 19.6 Å². The van der Waals surface area contributed by atoms with Crippen LogP contribution in [0.5, 0.6) is 0 Å². The van der Waals surface area contributed by atoms with E-state index >= 15 is 0 Å². The lowest BCUT2D eigenvalue weighted by Crippen LogP contribution is -2.33. The van der Waals surface area contributed by atoms with Crippen molar-refractivity contribution in [3.63, 3.8) is 0 Å². The number of nitrogens with zero attached hydrogens (tertiary/aromatic N) is 1. The van der Waals surface area contributed by atoms with Crippen LogP contribution < -0.4 is 0 Å². The molecule has 0 aliphatic heterocycles. The number of aliphatic hydroxyl groups excluding tert-OH is 1. The van der Waals surface area contributed by atoms with Crippen molar-refractivity contribution in [1.82, 2.24) is 4.90 Å². The number of rotatable bonds is 8. The molecule has 1 aromatic rings. The van der Waals surface area contributed by atoms with E-state index in [2.05, 4.69) is 18.7 Å². The highest BCUT2D eigenvalue weighted by Crippen LogP contribution is 2.16. The zero-order valence-corrected chi connectivity index (χ0v) is 12.5. The first-order valence-corrected chi connectivity index (χ1v) is 7.03. The van der Waals surface area contributed by atoms with Crippen LogP contribution in [0.4, 0.5) is 4.39 Å². The summed E-state index contributed by atoms with van der Waals surface area (Å²) in [5.74, 6) is 0.300. The number of carbonyl (C=O) groups is 1. The minimum absolute atomic E-state index is 0.148. The monoisotopic (exact) mass is 281 g/mol. The first kappa shape index (κ1) is 16.8. The molecule has 0 heterocycles. The Morgan fingerprint density at radius 3 is 2.35 bits per heavy atom. The highest BCUT2D eigenvalue weighted by Gasteiger charge is 2.15. The van der Waals surface area contributed by atoms with Gasteiger partial charge in [0.1, 0.15) is 11.6 Å². The lowest BCUT2D eigenvalue weighted by atomic mass is 10.1. The van der Waals surface area contributed by atoms with E-state index in [-0.39, 0.29) is 11.6 Å². The Bertz CT molecular complexity index is 417. The smallest absolute Gasteiger partial charge is 0.131 e. The summed E-state index contributed by atoms with van der Waals surface area (Å²) in [6.45, 7) is 7.70. The van der Waals surface area contributed by atoms with Gasteiger partial charge in [0.25, 0.3) is 0 Å². The minimum atomic E-state index is -0.665. The van der Waals surface area contributed by atoms with Crippen molar-refractivity contribution in [3.05, 3.63) is 35.6 Å². The van der Waals surface area contributed by atoms with Crippen LogP contribution in [0.25, 0.3) is 0 Å². The van der Waals surface area contributed by atoms with E-state index in [0.717, 1.165) is 6.54 Å². The van der Waals surface area contributed by atoms with Crippen LogP contribution >= 0.6 is 0 Å². The molecule has 0 aliphatic rings. The molecular weight excluding hydrogens is 257 g/mol. The molecule has 0 bridgehead atoms. The number of Topliss-reactive ketones (excluding diaryl/α,β-unsaturated/α-hetero) is 1. The highest BCUT2D eigenvalue weighted by atomic mass is 19.1. The summed E-state index contributed by atoms with van der Waals surface area (Å²) < 4.78 is 12.9. The van der Waals surface area contributed by atoms with Gasteiger partial charge in [-0.3, -0.25) is 9.69 Å². The fraction of sp³-hybridized carbons (Fsp3) is 0.562. The fourth-order valence-corrected chi connectivity index (χ4v) is 2.12. The highest BCUT2D eigenvalue weighted by molar-refractivity contribution is 5.75. The maximum atomic E-state index is 12.9. The van der Waals surface area contributed by atoms with E-state index in [1.807, 2.05) is 0 Å². The van der Waals surface area contributed by atoms with E-state index in [9.17, 15) is 14.3 Å². The van der Waals surface area contributed by atoms with Crippen molar-refractivity contribution < 1.29 is 14.3 Å². The van der Waals surface area contributed by atoms with Crippen LogP contribution in [0.15, 0.2) is 24.3 Å². The van der Waals surface area contributed by atoms with Gasteiger partial charge < -0.3 is 5.11 Å². The molecule has 4 heteroatoms. The van der Waals surface area contributed by atoms with Gasteiger partial charge in [-0.05, 0) is 30.5 Å². The number of carbonyl (C=O) groups excluding carboxylic acids is 1. The number of hydrogen-bond acceptors (Lipinski definition) is 3. The molecule has 0 aromatic heterocycles. The summed E-state index contributed by atoms with van der Waals surface area (Å²) in [5, 5.41) is 10.2. The largest absolute Gasteiger partial charge is 0.387 e. The molecule has 0 saturated heterocycles. The van der Waals surface area contributed by atoms with Gasteiger partial charge in [0, 0.05) is 26.1 Å². The van der Waals surface area contributed by atoms with Gasteiger partial charge in [-0.25, -0.2) is 4.39 Å². The molecule has 3 nitrogen and oxygen atoms in total. The van der Waals surface area contributed by atoms with Crippen LogP contribution in [0.3, 0.4) is 0 Å². The second kappa shape index (κ2) is 8.12. The van der Waals surface area contributed by atoms with Crippen molar-refractivity contribution in [1.29, 1.82) is 0 Å². The van der Waals surface area contributed by atoms with Gasteiger partial charge in [0.05, 0.1) is 6.10 Å². The lowest BCUT2D eigenvalue weighted by molar-refractivity contribution is -0.117. The molecule has 1 N–H and O–H groups in total. The van der Waals surface area contributed by atoms with E-state index in [1.54, 1.807) is 19.1 Å². The Labute approximate surface area is 120 Å². The maximum absolute atomic E-state index is 12.9. The molecule has 0 radical (unpaired) electrons. The molecular formula is C16H24FNO2. The Morgan fingerprint density at radius 1 is 1.25 bits per heavy atom. The quantitative estimate of drug-likeness (QED) is 0.796. The van der Waals surface area contributed by atoms with E-state index in [4.69, 9.17) is 0 Å². The van der Waals surface area contributed by atoms with Gasteiger partial charge in [0.2, 0.25) is 0 Å². The van der Waals surface area contributed by atoms with E-state index in [1.165, 1.54) is 12.1 Å². The van der Waals surface area contributed by atoms with E-state index < -0.39 is 6.10 Å². The summed E-state index contributed by atoms with van der Waals surface area (Å²) in [4.78, 5) is 13.2. The molecule has 1 aromatic carbocycles. The molecule has 0 saturated carbocycles. The number of ketones is 1. The summed E-state index contributed by atoms with van der Waals surface area (Å²) >= 11 is 0. The van der Waals surface area contributed by atoms with Crippen molar-refractivity contribution in [3.8, 4) is 0 Å². The number of halogens is 1. The van der Waals surface area contributed by atoms with Crippen molar-refractivity contribution >= 4 is 5.78 Å². The SMILES string of the molecule is CC(=O)CCN(CC(C)C)CC(O)c1ccc(F)cc1. The molecule has 1 rings (SSSR count). The average Bonchev–Trinajstić information content (AvgIpc) is 2.36. The predicted octanol–water partition coefficient (Wildman–Crippen LogP) is 2.80. The standard InChI is InChI=1S/C16H24FNO2/c1-12(2)10-18(9-8-13(3)19)11-16(20)14-4-6-15(17)7-5-14/h4-7,12,16,20H,8-11H2,1-3H3. The van der Waals surface area contributed by atoms with Crippen LogP contribution in [-0.2, 0) is 4.79 Å². The number of aliphatic hydroxyl groups is 1. The van der Waals surface area contributed by atoms with Gasteiger partial charge in [-0.1, -0.05) is 26.0 Å². The number of benzene rings is 1. The first-order valence-electron chi connectivity index (χ1n) is 7.03. The Hall–Kier alpha value is -1.26. The topological polar surface area (TPSA) is 40.5 Å². The summed E-state index contributed by atoms with van der Waals surface area (Å²) in [5.41, 5.74) is 0.697. The molecule has 20 heavy (non-hydrogen) atoms. The normalized spacial score (nSPS) is 12.9. The van der Waals surface area contributed by atoms with Crippen LogP contribution in [0.1, 0.15) is 38.9 Å². The molecule has 0 spiro atoms. The molecule has 0 fully saturated rings. The zero-order valence-electron chi connectivity index (χ0n) is 12.5. The second-order valence-electron chi connectivity index (χ2n) is 5.67. The molecule has 1 atom stereocenters. The summed E-state index contributed by atoms with van der Waals surface area (Å²) in [7, 11) is 0. The van der Waals surface area contributed by atoms with Crippen LogP contribution in [0.2, 0.25) is 0 Å². The molecule has 0 amide bonds. The maximum Gasteiger partial charge on any atom is 0.131 e. The Kier molecular flexibility index (Phi) is 6.82. The Morgan fingerprint density at radius 2 is 1.85 bits per heavy atom. The predicted molar refractivity (Wildman–Crippen MR) is 77.9 cm³/mol. The van der Waals surface area contributed by atoms with Gasteiger partial charge in [0.15, 0.2) is 0 Å². The van der Waals surface area contributed by atoms with Crippen molar-refractivity contribution in [2.24, 2.45) is 5.92 Å². The molecule has 0 aliphatic carbocycles. The fourth-order valence-electron chi connectivity index (χ4n) is 2.12. The zero-order chi connectivity index (χ0) is 15.1. The lowest BCUT2D eigenvalue weighted by Gasteiger charge is -2.26. The summed E-state index contributed by atoms with van der Waals surface area (Å²) in [6.07, 6.45) is -0.177. The molecule has 1 unspecified atom stereocenters. The van der Waals surface area contributed by atoms with Gasteiger partial charge >= 0.3 is 0 Å². The van der Waals surface area contributed by atoms with Crippen LogP contribution in [-0.4, -0.2) is 35.4 Å². The minimum Gasteiger partial charge on any atom is -0.387 e. The molecule has 112 valence electrons. The first-order chi connectivity index (χ1) is 9.38. The third-order valence-corrected chi connectivity index (χ3v) is 3.09. The van der Waals surface area contributed by atoms with Crippen LogP contribution in [0, 0.1) is 11.7 Å². The average molecular weight is 281 g/mol. The van der Waals surface area contributed by atoms with E-state index in [0.29, 0.717) is 31.0 Å². The van der Waals surface area contributed by atoms with Crippen molar-refractivity contribution in [2.45, 2.75) is 33.3 Å².